The smallest absolute Gasteiger partial charge is 0.251 e. The van der Waals surface area contributed by atoms with Gasteiger partial charge in [0.15, 0.2) is 0 Å². The predicted molar refractivity (Wildman–Crippen MR) is 115 cm³/mol. The first-order chi connectivity index (χ1) is 14.5. The zero-order chi connectivity index (χ0) is 21.3. The first-order valence-corrected chi connectivity index (χ1v) is 10.2. The van der Waals surface area contributed by atoms with Crippen molar-refractivity contribution in [1.82, 2.24) is 10.6 Å². The molecule has 1 aliphatic heterocycles. The van der Waals surface area contributed by atoms with Crippen molar-refractivity contribution in [1.29, 1.82) is 0 Å². The van der Waals surface area contributed by atoms with Crippen LogP contribution in [-0.2, 0) is 9.59 Å². The number of hydrogen-bond acceptors (Lipinski definition) is 4. The highest BCUT2D eigenvalue weighted by atomic mass is 16.5. The van der Waals surface area contributed by atoms with E-state index in [9.17, 15) is 14.4 Å². The number of amides is 3. The number of benzene rings is 2. The number of anilines is 1. The van der Waals surface area contributed by atoms with E-state index in [1.165, 1.54) is 0 Å². The van der Waals surface area contributed by atoms with Gasteiger partial charge in [0.2, 0.25) is 11.8 Å². The minimum absolute atomic E-state index is 0.0933. The Bertz CT molecular complexity index is 896. The number of nitrogens with zero attached hydrogens (tertiary/aromatic N) is 1. The maximum atomic E-state index is 12.2. The van der Waals surface area contributed by atoms with E-state index < -0.39 is 0 Å². The molecule has 2 aromatic carbocycles. The van der Waals surface area contributed by atoms with E-state index in [2.05, 4.69) is 10.6 Å². The largest absolute Gasteiger partial charge is 0.494 e. The van der Waals surface area contributed by atoms with E-state index in [4.69, 9.17) is 4.74 Å². The molecule has 7 nitrogen and oxygen atoms in total. The van der Waals surface area contributed by atoms with Crippen LogP contribution in [0.4, 0.5) is 5.69 Å². The molecule has 0 spiro atoms. The summed E-state index contributed by atoms with van der Waals surface area (Å²) in [5.74, 6) is 0.340. The molecule has 0 bridgehead atoms. The molecule has 1 saturated heterocycles. The third-order valence-electron chi connectivity index (χ3n) is 4.83. The summed E-state index contributed by atoms with van der Waals surface area (Å²) in [6, 6.07) is 14.6. The van der Waals surface area contributed by atoms with Gasteiger partial charge in [0.1, 0.15) is 5.75 Å². The van der Waals surface area contributed by atoms with Crippen LogP contribution in [0.15, 0.2) is 48.5 Å². The normalized spacial score (nSPS) is 13.2. The predicted octanol–water partition coefficient (Wildman–Crippen LogP) is 2.44. The molecule has 1 fully saturated rings. The van der Waals surface area contributed by atoms with Crippen molar-refractivity contribution in [2.24, 2.45) is 0 Å². The zero-order valence-electron chi connectivity index (χ0n) is 17.1. The van der Waals surface area contributed by atoms with Crippen LogP contribution in [0.1, 0.15) is 35.2 Å². The summed E-state index contributed by atoms with van der Waals surface area (Å²) >= 11 is 0. The highest BCUT2D eigenvalue weighted by molar-refractivity contribution is 5.98. The molecule has 0 aromatic heterocycles. The molecule has 0 atom stereocenters. The van der Waals surface area contributed by atoms with Crippen LogP contribution < -0.4 is 20.3 Å². The lowest BCUT2D eigenvalue weighted by Crippen LogP contribution is -2.37. The van der Waals surface area contributed by atoms with Gasteiger partial charge in [0.25, 0.3) is 5.91 Å². The van der Waals surface area contributed by atoms with Crippen molar-refractivity contribution < 1.29 is 19.1 Å². The van der Waals surface area contributed by atoms with Gasteiger partial charge in [-0.15, -0.1) is 0 Å². The Morgan fingerprint density at radius 3 is 2.60 bits per heavy atom. The molecular weight excluding hydrogens is 382 g/mol. The molecule has 7 heteroatoms. The van der Waals surface area contributed by atoms with Crippen molar-refractivity contribution in [2.75, 3.05) is 31.1 Å². The van der Waals surface area contributed by atoms with Crippen LogP contribution in [0, 0.1) is 6.92 Å². The van der Waals surface area contributed by atoms with E-state index in [1.807, 2.05) is 31.2 Å². The van der Waals surface area contributed by atoms with Gasteiger partial charge in [0, 0.05) is 30.8 Å². The fraction of sp³-hybridized carbons (Fsp3) is 0.348. The molecule has 2 aromatic rings. The van der Waals surface area contributed by atoms with Crippen molar-refractivity contribution in [3.8, 4) is 5.75 Å². The Morgan fingerprint density at radius 1 is 1.10 bits per heavy atom. The monoisotopic (exact) mass is 409 g/mol. The first-order valence-electron chi connectivity index (χ1n) is 10.2. The molecule has 3 rings (SSSR count). The number of aryl methyl sites for hydroxylation is 1. The molecule has 0 radical (unpaired) electrons. The Hall–Kier alpha value is -3.35. The Balaban J connectivity index is 1.33. The van der Waals surface area contributed by atoms with Crippen LogP contribution in [0.5, 0.6) is 5.75 Å². The van der Waals surface area contributed by atoms with Crippen molar-refractivity contribution in [3.63, 3.8) is 0 Å². The van der Waals surface area contributed by atoms with Gasteiger partial charge in [0.05, 0.1) is 13.2 Å². The van der Waals surface area contributed by atoms with E-state index in [1.54, 1.807) is 29.2 Å². The standard InChI is InChI=1S/C23H27N3O4/c1-17-5-2-6-20(15-17)30-14-4-12-24-21(27)16-25-23(29)18-8-10-19(11-9-18)26-13-3-7-22(26)28/h2,5-6,8-11,15H,3-4,7,12-14,16H2,1H3,(H,24,27)(H,25,29). The number of carbonyl (C=O) groups excluding carboxylic acids is 3. The quantitative estimate of drug-likeness (QED) is 0.623. The molecule has 3 amide bonds. The third-order valence-corrected chi connectivity index (χ3v) is 4.83. The second-order valence-corrected chi connectivity index (χ2v) is 7.25. The summed E-state index contributed by atoms with van der Waals surface area (Å²) in [6.07, 6.45) is 2.09. The van der Waals surface area contributed by atoms with Gasteiger partial charge in [-0.3, -0.25) is 14.4 Å². The first kappa shape index (κ1) is 21.4. The van der Waals surface area contributed by atoms with Crippen LogP contribution in [0.3, 0.4) is 0 Å². The maximum absolute atomic E-state index is 12.2. The number of hydrogen-bond donors (Lipinski definition) is 2. The number of rotatable bonds is 9. The lowest BCUT2D eigenvalue weighted by Gasteiger charge is -2.15. The maximum Gasteiger partial charge on any atom is 0.251 e. The van der Waals surface area contributed by atoms with E-state index in [0.29, 0.717) is 38.1 Å². The van der Waals surface area contributed by atoms with Gasteiger partial charge >= 0.3 is 0 Å². The van der Waals surface area contributed by atoms with Crippen molar-refractivity contribution >= 4 is 23.4 Å². The topological polar surface area (TPSA) is 87.7 Å². The highest BCUT2D eigenvalue weighted by Gasteiger charge is 2.21. The van der Waals surface area contributed by atoms with Gasteiger partial charge in [-0.1, -0.05) is 12.1 Å². The lowest BCUT2D eigenvalue weighted by atomic mass is 10.2. The fourth-order valence-electron chi connectivity index (χ4n) is 3.23. The molecule has 158 valence electrons. The fourth-order valence-corrected chi connectivity index (χ4v) is 3.23. The number of nitrogens with one attached hydrogen (secondary N) is 2. The molecule has 1 heterocycles. The van der Waals surface area contributed by atoms with E-state index >= 15 is 0 Å². The van der Waals surface area contributed by atoms with Crippen LogP contribution in [0.2, 0.25) is 0 Å². The second kappa shape index (κ2) is 10.4. The summed E-state index contributed by atoms with van der Waals surface area (Å²) in [6.45, 7) is 3.59. The SMILES string of the molecule is Cc1cccc(OCCCNC(=O)CNC(=O)c2ccc(N3CCCC3=O)cc2)c1. The number of ether oxygens (including phenoxy) is 1. The van der Waals surface area contributed by atoms with Crippen LogP contribution >= 0.6 is 0 Å². The van der Waals surface area contributed by atoms with Gasteiger partial charge in [-0.2, -0.15) is 0 Å². The summed E-state index contributed by atoms with van der Waals surface area (Å²) in [7, 11) is 0. The highest BCUT2D eigenvalue weighted by Crippen LogP contribution is 2.21. The van der Waals surface area contributed by atoms with Gasteiger partial charge in [-0.25, -0.2) is 0 Å². The molecule has 30 heavy (non-hydrogen) atoms. The Kier molecular flexibility index (Phi) is 7.43. The zero-order valence-corrected chi connectivity index (χ0v) is 17.1. The second-order valence-electron chi connectivity index (χ2n) is 7.25. The van der Waals surface area contributed by atoms with Crippen molar-refractivity contribution in [3.05, 3.63) is 59.7 Å². The Labute approximate surface area is 176 Å². The van der Waals surface area contributed by atoms with Gasteiger partial charge in [-0.05, 0) is 61.7 Å². The minimum Gasteiger partial charge on any atom is -0.494 e. The summed E-state index contributed by atoms with van der Waals surface area (Å²) in [5.41, 5.74) is 2.38. The summed E-state index contributed by atoms with van der Waals surface area (Å²) < 4.78 is 5.63. The average Bonchev–Trinajstić information content (AvgIpc) is 3.18. The molecule has 0 saturated carbocycles. The number of carbonyl (C=O) groups is 3. The molecule has 0 unspecified atom stereocenters. The Morgan fingerprint density at radius 2 is 1.90 bits per heavy atom. The lowest BCUT2D eigenvalue weighted by molar-refractivity contribution is -0.120. The summed E-state index contributed by atoms with van der Waals surface area (Å²) in [4.78, 5) is 37.6. The molecular formula is C23H27N3O4. The summed E-state index contributed by atoms with van der Waals surface area (Å²) in [5, 5.41) is 5.37. The van der Waals surface area contributed by atoms with Crippen LogP contribution in [-0.4, -0.2) is 44.0 Å². The third kappa shape index (κ3) is 6.07. The molecule has 1 aliphatic rings. The average molecular weight is 409 g/mol. The molecule has 2 N–H and O–H groups in total. The van der Waals surface area contributed by atoms with E-state index in [-0.39, 0.29) is 24.3 Å². The van der Waals surface area contributed by atoms with Crippen molar-refractivity contribution in [2.45, 2.75) is 26.2 Å². The van der Waals surface area contributed by atoms with Gasteiger partial charge < -0.3 is 20.3 Å². The van der Waals surface area contributed by atoms with E-state index in [0.717, 1.165) is 23.4 Å². The van der Waals surface area contributed by atoms with Crippen LogP contribution in [0.25, 0.3) is 0 Å². The minimum atomic E-state index is -0.327. The molecule has 0 aliphatic carbocycles.